The highest BCUT2D eigenvalue weighted by Crippen LogP contribution is 2.47. The Hall–Kier alpha value is -6.18. The van der Waals surface area contributed by atoms with Gasteiger partial charge < -0.3 is 44.3 Å². The minimum Gasteiger partial charge on any atom is -0.497 e. The Kier molecular flexibility index (Phi) is 10.5. The van der Waals surface area contributed by atoms with Crippen LogP contribution in [0.25, 0.3) is 11.1 Å². The van der Waals surface area contributed by atoms with E-state index in [2.05, 4.69) is 11.1 Å². The molecular formula is C46H47N5O8. The molecule has 1 fully saturated rings. The van der Waals surface area contributed by atoms with Crippen molar-refractivity contribution in [3.05, 3.63) is 124 Å². The number of aliphatic imine (C=N–C) groups is 2. The lowest BCUT2D eigenvalue weighted by atomic mass is 9.90. The Balaban J connectivity index is 0.774. The Morgan fingerprint density at radius 3 is 2.29 bits per heavy atom. The summed E-state index contributed by atoms with van der Waals surface area (Å²) in [5.41, 5.74) is 13.3. The van der Waals surface area contributed by atoms with Crippen LogP contribution < -0.4 is 15.2 Å². The van der Waals surface area contributed by atoms with Gasteiger partial charge in [0.1, 0.15) is 11.9 Å². The zero-order valence-electron chi connectivity index (χ0n) is 33.1. The molecule has 0 bridgehead atoms. The molecule has 1 saturated heterocycles. The van der Waals surface area contributed by atoms with Gasteiger partial charge in [0.05, 0.1) is 62.0 Å². The van der Waals surface area contributed by atoms with E-state index in [-0.39, 0.29) is 41.8 Å². The maximum Gasteiger partial charge on any atom is 0.335 e. The summed E-state index contributed by atoms with van der Waals surface area (Å²) in [4.78, 5) is 38.8. The first-order valence-electron chi connectivity index (χ1n) is 20.2. The van der Waals surface area contributed by atoms with Gasteiger partial charge in [-0.15, -0.1) is 0 Å². The van der Waals surface area contributed by atoms with Gasteiger partial charge in [-0.25, -0.2) is 4.79 Å². The molecule has 3 aromatic rings. The average Bonchev–Trinajstić information content (AvgIpc) is 3.77. The highest BCUT2D eigenvalue weighted by atomic mass is 16.6. The number of rotatable bonds is 14. The lowest BCUT2D eigenvalue weighted by Gasteiger charge is -2.28. The lowest BCUT2D eigenvalue weighted by Crippen LogP contribution is -2.35. The van der Waals surface area contributed by atoms with Gasteiger partial charge >= 0.3 is 5.97 Å². The molecule has 3 aromatic carbocycles. The van der Waals surface area contributed by atoms with E-state index in [1.807, 2.05) is 61.1 Å². The zero-order chi connectivity index (χ0) is 40.6. The van der Waals surface area contributed by atoms with Crippen LogP contribution in [-0.2, 0) is 20.8 Å². The van der Waals surface area contributed by atoms with Crippen molar-refractivity contribution in [2.75, 3.05) is 27.4 Å². The van der Waals surface area contributed by atoms with E-state index in [9.17, 15) is 14.7 Å². The fourth-order valence-corrected chi connectivity index (χ4v) is 8.51. The van der Waals surface area contributed by atoms with Crippen LogP contribution in [0.3, 0.4) is 0 Å². The second-order valence-corrected chi connectivity index (χ2v) is 15.5. The number of aromatic carboxylic acids is 1. The van der Waals surface area contributed by atoms with Crippen LogP contribution >= 0.6 is 0 Å². The lowest BCUT2D eigenvalue weighted by molar-refractivity contribution is 0.0696. The Morgan fingerprint density at radius 1 is 0.847 bits per heavy atom. The third-order valence-electron chi connectivity index (χ3n) is 11.9. The van der Waals surface area contributed by atoms with Crippen molar-refractivity contribution < 1.29 is 38.4 Å². The Bertz CT molecular complexity index is 2330. The van der Waals surface area contributed by atoms with Crippen molar-refractivity contribution in [3.63, 3.8) is 0 Å². The van der Waals surface area contributed by atoms with Gasteiger partial charge in [0.15, 0.2) is 23.5 Å². The second kappa shape index (κ2) is 16.2. The van der Waals surface area contributed by atoms with Crippen LogP contribution in [0.4, 0.5) is 5.69 Å². The quantitative estimate of drug-likeness (QED) is 0.128. The summed E-state index contributed by atoms with van der Waals surface area (Å²) in [7, 11) is 3.25. The molecule has 13 nitrogen and oxygen atoms in total. The molecule has 1 aliphatic carbocycles. The molecule has 0 aromatic heterocycles. The van der Waals surface area contributed by atoms with E-state index < -0.39 is 5.97 Å². The predicted molar refractivity (Wildman–Crippen MR) is 222 cm³/mol. The molecule has 13 heteroatoms. The summed E-state index contributed by atoms with van der Waals surface area (Å²) in [6, 6.07) is 18.5. The molecule has 5 heterocycles. The first-order valence-corrected chi connectivity index (χ1v) is 20.2. The molecule has 1 amide bonds. The van der Waals surface area contributed by atoms with Gasteiger partial charge in [-0.2, -0.15) is 0 Å². The number of carboxylic acid groups (broad SMARTS) is 1. The minimum atomic E-state index is -0.937. The number of nitrogens with two attached hydrogens (primary N) is 1. The number of amides is 1. The van der Waals surface area contributed by atoms with Crippen molar-refractivity contribution in [1.29, 1.82) is 0 Å². The number of hydrogen-bond acceptors (Lipinski definition) is 11. The van der Waals surface area contributed by atoms with Gasteiger partial charge in [-0.05, 0) is 71.7 Å². The fraction of sp³-hybridized carbons (Fsp3) is 0.348. The minimum absolute atomic E-state index is 0.0165. The van der Waals surface area contributed by atoms with Crippen LogP contribution in [0, 0.1) is 5.92 Å². The number of nitrogens with zero attached hydrogens (tertiary/aromatic N) is 4. The Morgan fingerprint density at radius 2 is 1.56 bits per heavy atom. The third-order valence-corrected chi connectivity index (χ3v) is 11.9. The Labute approximate surface area is 342 Å². The van der Waals surface area contributed by atoms with E-state index in [4.69, 9.17) is 39.4 Å². The number of ether oxygens (including phenoxy) is 5. The topological polar surface area (TPSA) is 161 Å². The number of unbranched alkanes of at least 4 members (excludes halogenated alkanes) is 2. The SMILES string of the molecule is COC1=C(OCCCCCOc2cc3c(cc2OC)C(=O)N2C=C(c4ccc(CN)cc4)CC2C=N3)C=C2/N=C\[C@@H]3CC(c4ccc(C(=O)O)cc4)=CN3C3OC3C2C1. The predicted octanol–water partition coefficient (Wildman–Crippen LogP) is 7.08. The van der Waals surface area contributed by atoms with Crippen LogP contribution in [-0.4, -0.2) is 91.1 Å². The van der Waals surface area contributed by atoms with Gasteiger partial charge in [0.25, 0.3) is 5.91 Å². The van der Waals surface area contributed by atoms with E-state index >= 15 is 0 Å². The first kappa shape index (κ1) is 38.3. The number of benzene rings is 3. The molecule has 59 heavy (non-hydrogen) atoms. The monoisotopic (exact) mass is 797 g/mol. The van der Waals surface area contributed by atoms with Gasteiger partial charge in [0, 0.05) is 62.3 Å². The van der Waals surface area contributed by atoms with Crippen molar-refractivity contribution in [1.82, 2.24) is 9.80 Å². The summed E-state index contributed by atoms with van der Waals surface area (Å²) in [5, 5.41) is 9.30. The number of carbonyl (C=O) groups excluding carboxylic acids is 1. The molecule has 0 spiro atoms. The molecule has 3 N–H and O–H groups in total. The summed E-state index contributed by atoms with van der Waals surface area (Å²) in [6.07, 6.45) is 14.4. The molecule has 9 rings (SSSR count). The molecule has 304 valence electrons. The smallest absolute Gasteiger partial charge is 0.335 e. The van der Waals surface area contributed by atoms with Gasteiger partial charge in [-0.1, -0.05) is 36.4 Å². The van der Waals surface area contributed by atoms with E-state index in [0.29, 0.717) is 61.1 Å². The number of hydrogen-bond donors (Lipinski definition) is 2. The normalized spacial score (nSPS) is 24.2. The maximum atomic E-state index is 13.8. The van der Waals surface area contributed by atoms with E-state index in [1.165, 1.54) is 0 Å². The molecule has 0 radical (unpaired) electrons. The number of allylic oxidation sites excluding steroid dienone is 2. The molecule has 5 aliphatic heterocycles. The van der Waals surface area contributed by atoms with Crippen LogP contribution in [0.15, 0.2) is 106 Å². The summed E-state index contributed by atoms with van der Waals surface area (Å²) >= 11 is 0. The number of carboxylic acids is 1. The summed E-state index contributed by atoms with van der Waals surface area (Å²) in [6.45, 7) is 1.47. The number of fused-ring (bicyclic) bond motifs is 7. The average molecular weight is 798 g/mol. The van der Waals surface area contributed by atoms with E-state index in [1.54, 1.807) is 43.4 Å². The van der Waals surface area contributed by atoms with Gasteiger partial charge in [-0.3, -0.25) is 14.8 Å². The van der Waals surface area contributed by atoms with Gasteiger partial charge in [0.2, 0.25) is 0 Å². The fourth-order valence-electron chi connectivity index (χ4n) is 8.51. The number of carbonyl (C=O) groups is 2. The van der Waals surface area contributed by atoms with Crippen molar-refractivity contribution in [2.24, 2.45) is 21.6 Å². The van der Waals surface area contributed by atoms with Crippen LogP contribution in [0.2, 0.25) is 0 Å². The van der Waals surface area contributed by atoms with E-state index in [0.717, 1.165) is 65.0 Å². The number of methoxy groups -OCH3 is 2. The third kappa shape index (κ3) is 7.63. The van der Waals surface area contributed by atoms with Crippen molar-refractivity contribution in [3.8, 4) is 11.5 Å². The highest BCUT2D eigenvalue weighted by molar-refractivity contribution is 6.05. The second-order valence-electron chi connectivity index (χ2n) is 15.5. The highest BCUT2D eigenvalue weighted by Gasteiger charge is 2.54. The van der Waals surface area contributed by atoms with Crippen molar-refractivity contribution >= 4 is 41.1 Å². The first-order chi connectivity index (χ1) is 28.8. The molecule has 0 saturated carbocycles. The molecular weight excluding hydrogens is 751 g/mol. The number of epoxide rings is 1. The largest absolute Gasteiger partial charge is 0.497 e. The molecule has 4 unspecified atom stereocenters. The molecule has 6 aliphatic rings. The standard InChI is InChI=1S/C46H47N5O8/c1-55-39-18-35-37(48-24-34-17-32(26-51(34)45-43(35)59-45)29-10-12-30(13-11-29)46(53)54)20-41(39)57-14-4-3-5-15-58-42-21-38-36(19-40(42)56-2)44(52)50-25-31(16-33(50)23-49-38)28-8-6-27(22-47)7-9-28/h6-13,19-21,23-26,33-35,43,45H,3-5,14-18,22,47H2,1-2H3,(H,53,54)/b48-24-/t33?,34-,35?,43?,45?/m0/s1. The summed E-state index contributed by atoms with van der Waals surface area (Å²) < 4.78 is 30.2. The molecule has 5 atom stereocenters. The zero-order valence-corrected chi connectivity index (χ0v) is 33.1. The van der Waals surface area contributed by atoms with Crippen LogP contribution in [0.1, 0.15) is 75.9 Å². The maximum absolute atomic E-state index is 13.8. The van der Waals surface area contributed by atoms with Crippen LogP contribution in [0.5, 0.6) is 11.5 Å². The van der Waals surface area contributed by atoms with Crippen molar-refractivity contribution in [2.45, 2.75) is 69.5 Å². The summed E-state index contributed by atoms with van der Waals surface area (Å²) in [5.74, 6) is 1.50.